The van der Waals surface area contributed by atoms with Gasteiger partial charge in [-0.1, -0.05) is 32.9 Å². The maximum atomic E-state index is 12.6. The Kier molecular flexibility index (Phi) is 4.63. The molecule has 0 radical (unpaired) electrons. The van der Waals surface area contributed by atoms with E-state index in [1.165, 1.54) is 12.1 Å². The summed E-state index contributed by atoms with van der Waals surface area (Å²) in [6, 6.07) is 4.44. The summed E-state index contributed by atoms with van der Waals surface area (Å²) in [4.78, 5) is 0. The largest absolute Gasteiger partial charge is 0.416 e. The van der Waals surface area contributed by atoms with Crippen LogP contribution in [0.5, 0.6) is 0 Å². The maximum Gasteiger partial charge on any atom is 0.416 e. The molecule has 19 heavy (non-hydrogen) atoms. The summed E-state index contributed by atoms with van der Waals surface area (Å²) in [5, 5.41) is 10.00. The van der Waals surface area contributed by atoms with Gasteiger partial charge in [-0.2, -0.15) is 13.2 Å². The molecule has 2 nitrogen and oxygen atoms in total. The first kappa shape index (κ1) is 16.0. The van der Waals surface area contributed by atoms with E-state index in [1.807, 2.05) is 20.8 Å². The van der Waals surface area contributed by atoms with Crippen LogP contribution < -0.4 is 5.73 Å². The molecule has 0 amide bonds. The molecule has 0 saturated carbocycles. The van der Waals surface area contributed by atoms with E-state index in [2.05, 4.69) is 0 Å². The van der Waals surface area contributed by atoms with Crippen molar-refractivity contribution in [2.75, 3.05) is 0 Å². The van der Waals surface area contributed by atoms with Gasteiger partial charge in [0, 0.05) is 6.04 Å². The Morgan fingerprint density at radius 1 is 1.21 bits per heavy atom. The molecule has 0 aliphatic heterocycles. The van der Waals surface area contributed by atoms with E-state index in [9.17, 15) is 18.3 Å². The van der Waals surface area contributed by atoms with E-state index in [0.717, 1.165) is 12.1 Å². The van der Waals surface area contributed by atoms with Crippen LogP contribution in [0, 0.1) is 5.41 Å². The standard InChI is InChI=1S/C14H20F3NO/c1-13(2,3)12(18)8-11(19)9-5-4-6-10(7-9)14(15,16)17/h4-7,11-12,19H,8,18H2,1-3H3/t11-,12+/m0/s1. The second-order valence-corrected chi connectivity index (χ2v) is 5.85. The monoisotopic (exact) mass is 275 g/mol. The van der Waals surface area contributed by atoms with Crippen LogP contribution in [0.1, 0.15) is 44.4 Å². The highest BCUT2D eigenvalue weighted by Gasteiger charge is 2.31. The van der Waals surface area contributed by atoms with Crippen LogP contribution >= 0.6 is 0 Å². The van der Waals surface area contributed by atoms with E-state index < -0.39 is 17.8 Å². The van der Waals surface area contributed by atoms with Gasteiger partial charge in [-0.25, -0.2) is 0 Å². The first-order valence-corrected chi connectivity index (χ1v) is 6.12. The first-order chi connectivity index (χ1) is 8.51. The highest BCUT2D eigenvalue weighted by molar-refractivity contribution is 5.27. The van der Waals surface area contributed by atoms with Gasteiger partial charge in [0.1, 0.15) is 0 Å². The summed E-state index contributed by atoms with van der Waals surface area (Å²) in [5.41, 5.74) is 5.21. The molecule has 0 aliphatic rings. The number of aliphatic hydroxyl groups excluding tert-OH is 1. The molecule has 0 saturated heterocycles. The fourth-order valence-corrected chi connectivity index (χ4v) is 1.65. The molecular formula is C14H20F3NO. The molecule has 0 bridgehead atoms. The third kappa shape index (κ3) is 4.51. The molecular weight excluding hydrogens is 255 g/mol. The molecule has 0 aliphatic carbocycles. The van der Waals surface area contributed by atoms with Gasteiger partial charge in [0.05, 0.1) is 11.7 Å². The molecule has 1 aromatic rings. The van der Waals surface area contributed by atoms with Crippen molar-refractivity contribution in [1.82, 2.24) is 0 Å². The Labute approximate surface area is 111 Å². The third-order valence-corrected chi connectivity index (χ3v) is 3.19. The number of hydrogen-bond acceptors (Lipinski definition) is 2. The number of halogens is 3. The highest BCUT2D eigenvalue weighted by Crippen LogP contribution is 2.32. The van der Waals surface area contributed by atoms with Gasteiger partial charge in [-0.05, 0) is 29.5 Å². The van der Waals surface area contributed by atoms with Crippen LogP contribution in [0.25, 0.3) is 0 Å². The van der Waals surface area contributed by atoms with Crippen LogP contribution in [0.3, 0.4) is 0 Å². The Bertz CT molecular complexity index is 423. The van der Waals surface area contributed by atoms with Crippen molar-refractivity contribution >= 4 is 0 Å². The van der Waals surface area contributed by atoms with Gasteiger partial charge < -0.3 is 10.8 Å². The molecule has 3 N–H and O–H groups in total. The molecule has 5 heteroatoms. The molecule has 0 unspecified atom stereocenters. The molecule has 0 aromatic heterocycles. The predicted molar refractivity (Wildman–Crippen MR) is 68.5 cm³/mol. The topological polar surface area (TPSA) is 46.2 Å². The Balaban J connectivity index is 2.86. The quantitative estimate of drug-likeness (QED) is 0.886. The van der Waals surface area contributed by atoms with E-state index in [0.29, 0.717) is 0 Å². The number of hydrogen-bond donors (Lipinski definition) is 2. The average Bonchev–Trinajstić information content (AvgIpc) is 2.26. The lowest BCUT2D eigenvalue weighted by Gasteiger charge is -2.29. The van der Waals surface area contributed by atoms with Crippen LogP contribution in [-0.4, -0.2) is 11.1 Å². The second kappa shape index (κ2) is 5.51. The number of rotatable bonds is 3. The van der Waals surface area contributed by atoms with Crippen molar-refractivity contribution in [2.24, 2.45) is 11.1 Å². The molecule has 1 aromatic carbocycles. The Hall–Kier alpha value is -1.07. The lowest BCUT2D eigenvalue weighted by Crippen LogP contribution is -2.36. The molecule has 1 rings (SSSR count). The van der Waals surface area contributed by atoms with Crippen LogP contribution in [0.2, 0.25) is 0 Å². The lowest BCUT2D eigenvalue weighted by atomic mass is 9.83. The predicted octanol–water partition coefficient (Wildman–Crippen LogP) is 3.50. The van der Waals surface area contributed by atoms with Crippen LogP contribution in [-0.2, 0) is 6.18 Å². The molecule has 108 valence electrons. The maximum absolute atomic E-state index is 12.6. The zero-order valence-corrected chi connectivity index (χ0v) is 11.3. The molecule has 0 spiro atoms. The van der Waals surface area contributed by atoms with Gasteiger partial charge in [0.25, 0.3) is 0 Å². The van der Waals surface area contributed by atoms with E-state index in [4.69, 9.17) is 5.73 Å². The third-order valence-electron chi connectivity index (χ3n) is 3.19. The van der Waals surface area contributed by atoms with Crippen molar-refractivity contribution in [1.29, 1.82) is 0 Å². The summed E-state index contributed by atoms with van der Waals surface area (Å²) in [5.74, 6) is 0. The second-order valence-electron chi connectivity index (χ2n) is 5.85. The minimum Gasteiger partial charge on any atom is -0.388 e. The van der Waals surface area contributed by atoms with Crippen LogP contribution in [0.4, 0.5) is 13.2 Å². The van der Waals surface area contributed by atoms with Crippen molar-refractivity contribution in [3.05, 3.63) is 35.4 Å². The van der Waals surface area contributed by atoms with Crippen molar-refractivity contribution in [3.63, 3.8) is 0 Å². The van der Waals surface area contributed by atoms with Gasteiger partial charge in [-0.3, -0.25) is 0 Å². The van der Waals surface area contributed by atoms with Crippen LogP contribution in [0.15, 0.2) is 24.3 Å². The normalized spacial score (nSPS) is 16.2. The van der Waals surface area contributed by atoms with Gasteiger partial charge in [0.2, 0.25) is 0 Å². The SMILES string of the molecule is CC(C)(C)[C@H](N)C[C@H](O)c1cccc(C(F)(F)F)c1. The minimum atomic E-state index is -4.40. The zero-order valence-electron chi connectivity index (χ0n) is 11.3. The summed E-state index contributed by atoms with van der Waals surface area (Å²) < 4.78 is 37.7. The highest BCUT2D eigenvalue weighted by atomic mass is 19.4. The van der Waals surface area contributed by atoms with E-state index >= 15 is 0 Å². The van der Waals surface area contributed by atoms with Crippen molar-refractivity contribution < 1.29 is 18.3 Å². The Morgan fingerprint density at radius 2 is 1.79 bits per heavy atom. The number of benzene rings is 1. The Morgan fingerprint density at radius 3 is 2.26 bits per heavy atom. The zero-order chi connectivity index (χ0) is 14.8. The number of alkyl halides is 3. The summed E-state index contributed by atoms with van der Waals surface area (Å²) in [6.45, 7) is 5.78. The van der Waals surface area contributed by atoms with Gasteiger partial charge in [-0.15, -0.1) is 0 Å². The van der Waals surface area contributed by atoms with E-state index in [1.54, 1.807) is 0 Å². The van der Waals surface area contributed by atoms with Crippen molar-refractivity contribution in [3.8, 4) is 0 Å². The molecule has 0 fully saturated rings. The molecule has 2 atom stereocenters. The van der Waals surface area contributed by atoms with Gasteiger partial charge >= 0.3 is 6.18 Å². The summed E-state index contributed by atoms with van der Waals surface area (Å²) >= 11 is 0. The van der Waals surface area contributed by atoms with Gasteiger partial charge in [0.15, 0.2) is 0 Å². The average molecular weight is 275 g/mol. The fraction of sp³-hybridized carbons (Fsp3) is 0.571. The summed E-state index contributed by atoms with van der Waals surface area (Å²) in [7, 11) is 0. The fourth-order valence-electron chi connectivity index (χ4n) is 1.65. The first-order valence-electron chi connectivity index (χ1n) is 6.12. The smallest absolute Gasteiger partial charge is 0.388 e. The number of nitrogens with two attached hydrogens (primary N) is 1. The van der Waals surface area contributed by atoms with Crippen molar-refractivity contribution in [2.45, 2.75) is 45.5 Å². The molecule has 0 heterocycles. The number of aliphatic hydroxyl groups is 1. The lowest BCUT2D eigenvalue weighted by molar-refractivity contribution is -0.137. The summed E-state index contributed by atoms with van der Waals surface area (Å²) in [6.07, 6.45) is -5.16. The minimum absolute atomic E-state index is 0.206. The van der Waals surface area contributed by atoms with E-state index in [-0.39, 0.29) is 23.4 Å².